The lowest BCUT2D eigenvalue weighted by atomic mass is 9.81. The average Bonchev–Trinajstić information content (AvgIpc) is 2.22. The van der Waals surface area contributed by atoms with E-state index in [9.17, 15) is 0 Å². The second-order valence-electron chi connectivity index (χ2n) is 3.88. The first-order chi connectivity index (χ1) is 6.58. The van der Waals surface area contributed by atoms with E-state index in [0.29, 0.717) is 0 Å². The van der Waals surface area contributed by atoms with Gasteiger partial charge in [-0.25, -0.2) is 0 Å². The number of hydrogen-bond donors (Lipinski definition) is 0. The Morgan fingerprint density at radius 2 is 1.57 bits per heavy atom. The smallest absolute Gasteiger partial charge is 0.0949 e. The van der Waals surface area contributed by atoms with Crippen molar-refractivity contribution in [2.45, 2.75) is 60.3 Å². The fourth-order valence-corrected chi connectivity index (χ4v) is 1.63. The van der Waals surface area contributed by atoms with Gasteiger partial charge in [0.15, 0.2) is 0 Å². The predicted octanol–water partition coefficient (Wildman–Crippen LogP) is 4.37. The first-order valence-corrected chi connectivity index (χ1v) is 5.72. The van der Waals surface area contributed by atoms with Crippen molar-refractivity contribution < 1.29 is 0 Å². The molecule has 0 aromatic carbocycles. The van der Waals surface area contributed by atoms with E-state index >= 15 is 0 Å². The molecule has 0 spiro atoms. The van der Waals surface area contributed by atoms with Crippen LogP contribution in [0.1, 0.15) is 60.3 Å². The van der Waals surface area contributed by atoms with E-state index in [1.54, 1.807) is 0 Å². The van der Waals surface area contributed by atoms with E-state index in [4.69, 9.17) is 7.85 Å². The molecule has 0 aromatic rings. The van der Waals surface area contributed by atoms with Gasteiger partial charge < -0.3 is 0 Å². The number of hydrogen-bond acceptors (Lipinski definition) is 0. The third-order valence-electron chi connectivity index (χ3n) is 2.90. The Morgan fingerprint density at radius 3 is 1.93 bits per heavy atom. The van der Waals surface area contributed by atoms with Gasteiger partial charge in [-0.15, -0.1) is 0 Å². The summed E-state index contributed by atoms with van der Waals surface area (Å²) in [5, 5.41) is 0. The third kappa shape index (κ3) is 3.73. The molecule has 14 heavy (non-hydrogen) atoms. The fraction of sp³-hybridized carbons (Fsp3) is 0.692. The summed E-state index contributed by atoms with van der Waals surface area (Å²) >= 11 is 0. The highest BCUT2D eigenvalue weighted by Crippen LogP contribution is 2.22. The van der Waals surface area contributed by atoms with Gasteiger partial charge in [-0.1, -0.05) is 49.4 Å². The summed E-state index contributed by atoms with van der Waals surface area (Å²) in [5.74, 6) is 0. The van der Waals surface area contributed by atoms with Gasteiger partial charge in [0.25, 0.3) is 0 Å². The summed E-state index contributed by atoms with van der Waals surface area (Å²) in [6.07, 6.45) is 4.56. The van der Waals surface area contributed by atoms with Gasteiger partial charge in [0.2, 0.25) is 0 Å². The first-order valence-electron chi connectivity index (χ1n) is 5.72. The maximum absolute atomic E-state index is 6.10. The van der Waals surface area contributed by atoms with Crippen molar-refractivity contribution >= 4 is 7.85 Å². The molecule has 1 heteroatoms. The Morgan fingerprint density at radius 1 is 1.00 bits per heavy atom. The summed E-state index contributed by atoms with van der Waals surface area (Å²) in [7, 11) is 6.10. The molecule has 78 valence electrons. The van der Waals surface area contributed by atoms with Gasteiger partial charge in [-0.3, -0.25) is 0 Å². The van der Waals surface area contributed by atoms with Gasteiger partial charge in [0.05, 0.1) is 0 Å². The van der Waals surface area contributed by atoms with E-state index in [-0.39, 0.29) is 0 Å². The molecule has 0 heterocycles. The molecule has 0 fully saturated rings. The van der Waals surface area contributed by atoms with Crippen LogP contribution < -0.4 is 0 Å². The van der Waals surface area contributed by atoms with Crippen molar-refractivity contribution in [3.05, 3.63) is 22.2 Å². The molecule has 0 amide bonds. The Bertz CT molecular complexity index is 234. The second kappa shape index (κ2) is 6.92. The van der Waals surface area contributed by atoms with Crippen molar-refractivity contribution in [2.24, 2.45) is 0 Å². The molecule has 0 N–H and O–H groups in total. The molecule has 0 aliphatic heterocycles. The first kappa shape index (κ1) is 13.5. The zero-order chi connectivity index (χ0) is 11.1. The zero-order valence-electron chi connectivity index (χ0n) is 10.4. The Labute approximate surface area is 90.9 Å². The van der Waals surface area contributed by atoms with Crippen LogP contribution in [0.15, 0.2) is 22.2 Å². The molecule has 0 aliphatic rings. The molecule has 0 nitrogen and oxygen atoms in total. The summed E-state index contributed by atoms with van der Waals surface area (Å²) in [6.45, 7) is 10.9. The molecule has 0 saturated heterocycles. The van der Waals surface area contributed by atoms with Crippen LogP contribution in [0, 0.1) is 0 Å². The van der Waals surface area contributed by atoms with E-state index in [2.05, 4.69) is 34.6 Å². The van der Waals surface area contributed by atoms with Crippen molar-refractivity contribution in [1.82, 2.24) is 0 Å². The van der Waals surface area contributed by atoms with E-state index in [0.717, 1.165) is 18.3 Å². The third-order valence-corrected chi connectivity index (χ3v) is 2.90. The van der Waals surface area contributed by atoms with E-state index in [1.165, 1.54) is 29.6 Å². The van der Waals surface area contributed by atoms with Crippen LogP contribution in [0.4, 0.5) is 0 Å². The maximum atomic E-state index is 6.10. The molecule has 2 radical (unpaired) electrons. The fourth-order valence-electron chi connectivity index (χ4n) is 1.63. The highest BCUT2D eigenvalue weighted by atomic mass is 14.1. The standard InChI is InChI=1S/C13H23B/c1-6-9-12(8-3)11(5)13(14)10(4)7-2/h6-9H2,1-5H3/b12-11+,13-10+. The Kier molecular flexibility index (Phi) is 6.69. The van der Waals surface area contributed by atoms with Gasteiger partial charge in [-0.05, 0) is 33.1 Å². The molecular weight excluding hydrogens is 167 g/mol. The number of allylic oxidation sites excluding steroid dienone is 4. The van der Waals surface area contributed by atoms with Gasteiger partial charge in [-0.2, -0.15) is 0 Å². The Hall–Kier alpha value is -0.455. The minimum Gasteiger partial charge on any atom is -0.0949 e. The molecule has 0 rings (SSSR count). The maximum Gasteiger partial charge on any atom is 0.114 e. The molecule has 0 aliphatic carbocycles. The molecular formula is C13H23B. The zero-order valence-corrected chi connectivity index (χ0v) is 10.4. The van der Waals surface area contributed by atoms with Crippen LogP contribution in [-0.2, 0) is 0 Å². The lowest BCUT2D eigenvalue weighted by Crippen LogP contribution is -1.95. The van der Waals surface area contributed by atoms with Crippen molar-refractivity contribution in [3.63, 3.8) is 0 Å². The van der Waals surface area contributed by atoms with Crippen molar-refractivity contribution in [1.29, 1.82) is 0 Å². The lowest BCUT2D eigenvalue weighted by Gasteiger charge is -2.13. The van der Waals surface area contributed by atoms with Crippen LogP contribution in [0.2, 0.25) is 0 Å². The molecule has 0 bridgehead atoms. The SMILES string of the molecule is [B]C(=C(\C)CC)/C(C)=C(\CC)CCC. The number of rotatable bonds is 5. The van der Waals surface area contributed by atoms with Crippen molar-refractivity contribution in [2.75, 3.05) is 0 Å². The summed E-state index contributed by atoms with van der Waals surface area (Å²) < 4.78 is 0. The second-order valence-corrected chi connectivity index (χ2v) is 3.88. The highest BCUT2D eigenvalue weighted by Gasteiger charge is 2.03. The normalized spacial score (nSPS) is 14.9. The summed E-state index contributed by atoms with van der Waals surface area (Å²) in [5.41, 5.74) is 5.15. The Balaban J connectivity index is 4.94. The molecule has 0 saturated carbocycles. The van der Waals surface area contributed by atoms with Gasteiger partial charge >= 0.3 is 0 Å². The van der Waals surface area contributed by atoms with E-state index in [1.807, 2.05) is 0 Å². The largest absolute Gasteiger partial charge is 0.114 e. The van der Waals surface area contributed by atoms with E-state index < -0.39 is 0 Å². The average molecular weight is 190 g/mol. The molecule has 0 atom stereocenters. The molecule has 0 unspecified atom stereocenters. The minimum atomic E-state index is 1.01. The highest BCUT2D eigenvalue weighted by molar-refractivity contribution is 6.24. The van der Waals surface area contributed by atoms with Gasteiger partial charge in [0, 0.05) is 0 Å². The van der Waals surface area contributed by atoms with Crippen LogP contribution in [-0.4, -0.2) is 7.85 Å². The van der Waals surface area contributed by atoms with Crippen molar-refractivity contribution in [3.8, 4) is 0 Å². The van der Waals surface area contributed by atoms with Crippen LogP contribution in [0.5, 0.6) is 0 Å². The minimum absolute atomic E-state index is 1.01. The van der Waals surface area contributed by atoms with Crippen LogP contribution in [0.3, 0.4) is 0 Å². The van der Waals surface area contributed by atoms with Crippen LogP contribution in [0.25, 0.3) is 0 Å². The monoisotopic (exact) mass is 190 g/mol. The van der Waals surface area contributed by atoms with Gasteiger partial charge in [0.1, 0.15) is 7.85 Å². The summed E-state index contributed by atoms with van der Waals surface area (Å²) in [6, 6.07) is 0. The van der Waals surface area contributed by atoms with Crippen LogP contribution >= 0.6 is 0 Å². The summed E-state index contributed by atoms with van der Waals surface area (Å²) in [4.78, 5) is 0. The topological polar surface area (TPSA) is 0 Å². The quantitative estimate of drug-likeness (QED) is 0.446. The lowest BCUT2D eigenvalue weighted by molar-refractivity contribution is 0.845. The molecule has 0 aromatic heterocycles. The predicted molar refractivity (Wildman–Crippen MR) is 66.6 cm³/mol.